The Kier molecular flexibility index (Phi) is 5.65. The van der Waals surface area contributed by atoms with Crippen molar-refractivity contribution in [3.63, 3.8) is 0 Å². The van der Waals surface area contributed by atoms with Gasteiger partial charge >= 0.3 is 215 Å². The van der Waals surface area contributed by atoms with E-state index in [1.807, 2.05) is 0 Å². The van der Waals surface area contributed by atoms with Crippen molar-refractivity contribution < 1.29 is 20.3 Å². The Labute approximate surface area is 214 Å². The average molecular weight is 532 g/mol. The molecule has 0 N–H and O–H groups in total. The van der Waals surface area contributed by atoms with E-state index in [0.717, 1.165) is 0 Å². The predicted octanol–water partition coefficient (Wildman–Crippen LogP) is 9.89. The molecule has 0 spiro atoms. The first-order chi connectivity index (χ1) is 17.0. The van der Waals surface area contributed by atoms with Crippen molar-refractivity contribution in [3.8, 4) is 22.3 Å². The molecule has 2 aliphatic rings. The Morgan fingerprint density at radius 1 is 0.486 bits per heavy atom. The summed E-state index contributed by atoms with van der Waals surface area (Å²) in [7, 11) is 0. The second-order valence-corrected chi connectivity index (χ2v) is 22.6. The van der Waals surface area contributed by atoms with Crippen molar-refractivity contribution in [1.29, 1.82) is 0 Å². The first-order valence-electron chi connectivity index (χ1n) is 12.7. The summed E-state index contributed by atoms with van der Waals surface area (Å²) in [5.74, 6) is 0. The fraction of sp³-hybridized carbons (Fsp3) is 0.176. The fourth-order valence-corrected chi connectivity index (χ4v) is 19.2. The monoisotopic (exact) mass is 530 g/mol. The van der Waals surface area contributed by atoms with Gasteiger partial charge in [-0.25, -0.2) is 0 Å². The third-order valence-electron chi connectivity index (χ3n) is 8.21. The number of rotatable bonds is 4. The predicted molar refractivity (Wildman–Crippen MR) is 148 cm³/mol. The van der Waals surface area contributed by atoms with Crippen LogP contribution in [0.25, 0.3) is 34.4 Å². The van der Waals surface area contributed by atoms with Crippen LogP contribution in [0, 0.1) is 0 Å². The Balaban J connectivity index is 1.46. The first-order valence-corrected chi connectivity index (χ1v) is 20.5. The van der Waals surface area contributed by atoms with Gasteiger partial charge in [0.2, 0.25) is 0 Å². The molecular formula is C34H32Zr. The second kappa shape index (κ2) is 8.72. The van der Waals surface area contributed by atoms with E-state index in [0.29, 0.717) is 7.25 Å². The van der Waals surface area contributed by atoms with Gasteiger partial charge in [0.15, 0.2) is 0 Å². The van der Waals surface area contributed by atoms with E-state index in [1.165, 1.54) is 33.4 Å². The zero-order valence-electron chi connectivity index (χ0n) is 21.0. The first kappa shape index (κ1) is 22.7. The van der Waals surface area contributed by atoms with Crippen molar-refractivity contribution in [2.45, 2.75) is 30.4 Å². The molecule has 35 heavy (non-hydrogen) atoms. The van der Waals surface area contributed by atoms with Crippen LogP contribution < -0.4 is 0 Å². The Hall–Kier alpha value is -2.76. The zero-order valence-corrected chi connectivity index (χ0v) is 23.5. The molecule has 0 saturated heterocycles. The zero-order chi connectivity index (χ0) is 24.2. The molecule has 2 unspecified atom stereocenters. The third-order valence-corrected chi connectivity index (χ3v) is 19.3. The maximum atomic E-state index is 2.69. The van der Waals surface area contributed by atoms with Gasteiger partial charge in [0, 0.05) is 0 Å². The van der Waals surface area contributed by atoms with Crippen LogP contribution in [0.1, 0.15) is 43.4 Å². The molecule has 0 saturated carbocycles. The van der Waals surface area contributed by atoms with Crippen LogP contribution in [0.3, 0.4) is 0 Å². The summed E-state index contributed by atoms with van der Waals surface area (Å²) < 4.78 is 6.55. The summed E-state index contributed by atoms with van der Waals surface area (Å²) >= 11 is -2.81. The van der Waals surface area contributed by atoms with Gasteiger partial charge in [-0.1, -0.05) is 0 Å². The summed E-state index contributed by atoms with van der Waals surface area (Å²) in [5.41, 5.74) is 14.5. The molecule has 0 nitrogen and oxygen atoms in total. The number of hydrogen-bond acceptors (Lipinski definition) is 0. The molecule has 0 fully saturated rings. The van der Waals surface area contributed by atoms with Gasteiger partial charge in [-0.2, -0.15) is 0 Å². The van der Waals surface area contributed by atoms with Gasteiger partial charge in [-0.15, -0.1) is 0 Å². The van der Waals surface area contributed by atoms with Gasteiger partial charge in [0.05, 0.1) is 0 Å². The van der Waals surface area contributed by atoms with Crippen molar-refractivity contribution >= 4 is 12.2 Å². The number of allylic oxidation sites excluding steroid dienone is 2. The fourth-order valence-electron chi connectivity index (χ4n) is 6.99. The number of benzene rings is 4. The third kappa shape index (κ3) is 3.68. The molecule has 2 atom stereocenters. The topological polar surface area (TPSA) is 0 Å². The Morgan fingerprint density at radius 3 is 1.29 bits per heavy atom. The van der Waals surface area contributed by atoms with E-state index in [9.17, 15) is 0 Å². The van der Waals surface area contributed by atoms with E-state index in [2.05, 4.69) is 132 Å². The standard InChI is InChI=1S/2C16H13.2CH3.Zr/c2*1-12-10-14-8-5-9-15(16(14)11-12)13-6-3-2-4-7-13;;;/h2*2-11H,1H3;2*1H3;. The molecule has 0 aromatic heterocycles. The van der Waals surface area contributed by atoms with Gasteiger partial charge in [0.25, 0.3) is 0 Å². The van der Waals surface area contributed by atoms with E-state index in [1.54, 1.807) is 22.3 Å². The van der Waals surface area contributed by atoms with Crippen LogP contribution >= 0.6 is 0 Å². The average Bonchev–Trinajstić information content (AvgIpc) is 3.41. The summed E-state index contributed by atoms with van der Waals surface area (Å²) in [5, 5.41) is 0. The summed E-state index contributed by atoms with van der Waals surface area (Å²) in [6, 6.07) is 35.7. The molecule has 4 aromatic rings. The molecule has 0 radical (unpaired) electrons. The van der Waals surface area contributed by atoms with E-state index in [4.69, 9.17) is 0 Å². The van der Waals surface area contributed by atoms with Gasteiger partial charge in [-0.05, 0) is 0 Å². The van der Waals surface area contributed by atoms with Gasteiger partial charge in [0.1, 0.15) is 0 Å². The molecule has 6 rings (SSSR count). The summed E-state index contributed by atoms with van der Waals surface area (Å²) in [6.45, 7) is 4.76. The SMILES string of the molecule is CC1=Cc2c(-c3ccccc3)cccc2[CH]1[Zr]([CH3])([CH3])[CH]1C(C)=Cc2c(-c3ccccc3)cccc21. The number of hydrogen-bond donors (Lipinski definition) is 0. The number of fused-ring (bicyclic) bond motifs is 2. The molecule has 0 bridgehead atoms. The van der Waals surface area contributed by atoms with Crippen molar-refractivity contribution in [3.05, 3.63) is 130 Å². The van der Waals surface area contributed by atoms with E-state index >= 15 is 0 Å². The summed E-state index contributed by atoms with van der Waals surface area (Å²) in [6.07, 6.45) is 4.99. The summed E-state index contributed by atoms with van der Waals surface area (Å²) in [4.78, 5) is 0. The maximum absolute atomic E-state index is 2.81. The van der Waals surface area contributed by atoms with Crippen molar-refractivity contribution in [1.82, 2.24) is 0 Å². The minimum atomic E-state index is -2.81. The second-order valence-electron chi connectivity index (χ2n) is 10.8. The van der Waals surface area contributed by atoms with Crippen LogP contribution in [0.2, 0.25) is 9.26 Å². The molecule has 172 valence electrons. The van der Waals surface area contributed by atoms with E-state index < -0.39 is 20.3 Å². The molecule has 0 heterocycles. The normalized spacial score (nSPS) is 18.6. The molecule has 2 aliphatic carbocycles. The molecule has 0 amide bonds. The van der Waals surface area contributed by atoms with Crippen LogP contribution in [0.4, 0.5) is 0 Å². The molecule has 0 aliphatic heterocycles. The van der Waals surface area contributed by atoms with Crippen molar-refractivity contribution in [2.24, 2.45) is 0 Å². The van der Waals surface area contributed by atoms with Crippen LogP contribution in [-0.2, 0) is 20.3 Å². The minimum absolute atomic E-state index is 0.586. The van der Waals surface area contributed by atoms with Crippen molar-refractivity contribution in [2.75, 3.05) is 0 Å². The van der Waals surface area contributed by atoms with Crippen LogP contribution in [-0.4, -0.2) is 0 Å². The Morgan fingerprint density at radius 2 is 0.886 bits per heavy atom. The van der Waals surface area contributed by atoms with Crippen LogP contribution in [0.15, 0.2) is 108 Å². The van der Waals surface area contributed by atoms with E-state index in [-0.39, 0.29) is 0 Å². The van der Waals surface area contributed by atoms with Gasteiger partial charge in [-0.3, -0.25) is 0 Å². The Bertz CT molecular complexity index is 1360. The quantitative estimate of drug-likeness (QED) is 0.246. The van der Waals surface area contributed by atoms with Gasteiger partial charge < -0.3 is 0 Å². The molecular weight excluding hydrogens is 500 g/mol. The molecule has 1 heteroatoms. The molecule has 4 aromatic carbocycles. The van der Waals surface area contributed by atoms with Crippen LogP contribution in [0.5, 0.6) is 0 Å².